The predicted molar refractivity (Wildman–Crippen MR) is 106 cm³/mol. The van der Waals surface area contributed by atoms with Crippen LogP contribution in [0.4, 0.5) is 6.01 Å². The Morgan fingerprint density at radius 3 is 2.48 bits per heavy atom. The molecule has 8 heteroatoms. The Labute approximate surface area is 168 Å². The van der Waals surface area contributed by atoms with Crippen molar-refractivity contribution in [3.8, 4) is 5.75 Å². The fourth-order valence-corrected chi connectivity index (χ4v) is 3.12. The molecular weight excluding hydrogens is 372 g/mol. The second kappa shape index (κ2) is 8.74. The zero-order chi connectivity index (χ0) is 20.1. The van der Waals surface area contributed by atoms with Crippen LogP contribution in [-0.4, -0.2) is 49.5 Å². The molecule has 0 aliphatic carbocycles. The van der Waals surface area contributed by atoms with Crippen LogP contribution < -0.4 is 15.0 Å². The van der Waals surface area contributed by atoms with Crippen molar-refractivity contribution in [2.75, 3.05) is 38.3 Å². The Morgan fingerprint density at radius 1 is 1.07 bits per heavy atom. The summed E-state index contributed by atoms with van der Waals surface area (Å²) in [6.07, 6.45) is 0. The lowest BCUT2D eigenvalue weighted by atomic mass is 10.1. The number of rotatable bonds is 6. The van der Waals surface area contributed by atoms with E-state index >= 15 is 0 Å². The number of ether oxygens (including phenoxy) is 2. The van der Waals surface area contributed by atoms with Crippen LogP contribution in [-0.2, 0) is 4.74 Å². The SMILES string of the molecule is COc1ccc(C(=O)N[C@H](c2ccccc2)c2nnc(N3CCOCC3)o2)cc1. The maximum absolute atomic E-state index is 12.8. The summed E-state index contributed by atoms with van der Waals surface area (Å²) >= 11 is 0. The molecule has 150 valence electrons. The standard InChI is InChI=1S/C21H22N4O4/c1-27-17-9-7-16(8-10-17)19(26)22-18(15-5-3-2-4-6-15)20-23-24-21(29-20)25-11-13-28-14-12-25/h2-10,18H,11-14H2,1H3,(H,22,26)/t18-/m1/s1. The number of carbonyl (C=O) groups excluding carboxylic acids is 1. The van der Waals surface area contributed by atoms with Crippen LogP contribution in [0, 0.1) is 0 Å². The fourth-order valence-electron chi connectivity index (χ4n) is 3.12. The van der Waals surface area contributed by atoms with Gasteiger partial charge in [0.1, 0.15) is 11.8 Å². The van der Waals surface area contributed by atoms with Crippen molar-refractivity contribution in [3.63, 3.8) is 0 Å². The molecule has 1 atom stereocenters. The smallest absolute Gasteiger partial charge is 0.318 e. The second-order valence-electron chi connectivity index (χ2n) is 6.57. The number of hydrogen-bond donors (Lipinski definition) is 1. The summed E-state index contributed by atoms with van der Waals surface area (Å²) in [5.41, 5.74) is 1.37. The molecule has 0 spiro atoms. The fraction of sp³-hybridized carbons (Fsp3) is 0.286. The minimum Gasteiger partial charge on any atom is -0.497 e. The topological polar surface area (TPSA) is 89.7 Å². The molecule has 1 saturated heterocycles. The Balaban J connectivity index is 1.58. The maximum Gasteiger partial charge on any atom is 0.318 e. The van der Waals surface area contributed by atoms with Crippen molar-refractivity contribution in [3.05, 3.63) is 71.6 Å². The molecule has 0 unspecified atom stereocenters. The van der Waals surface area contributed by atoms with Crippen LogP contribution in [0.3, 0.4) is 0 Å². The molecule has 1 amide bonds. The minimum absolute atomic E-state index is 0.243. The van der Waals surface area contributed by atoms with E-state index in [2.05, 4.69) is 15.5 Å². The molecule has 0 radical (unpaired) electrons. The summed E-state index contributed by atoms with van der Waals surface area (Å²) in [4.78, 5) is 14.8. The van der Waals surface area contributed by atoms with Crippen LogP contribution in [0.5, 0.6) is 5.75 Å². The van der Waals surface area contributed by atoms with E-state index in [0.29, 0.717) is 49.5 Å². The lowest BCUT2D eigenvalue weighted by molar-refractivity contribution is 0.0937. The van der Waals surface area contributed by atoms with E-state index in [0.717, 1.165) is 5.56 Å². The van der Waals surface area contributed by atoms with E-state index in [9.17, 15) is 4.79 Å². The van der Waals surface area contributed by atoms with Gasteiger partial charge in [-0.25, -0.2) is 0 Å². The number of methoxy groups -OCH3 is 1. The van der Waals surface area contributed by atoms with Crippen molar-refractivity contribution in [2.45, 2.75) is 6.04 Å². The third-order valence-corrected chi connectivity index (χ3v) is 4.72. The first-order valence-corrected chi connectivity index (χ1v) is 9.40. The van der Waals surface area contributed by atoms with Gasteiger partial charge in [-0.3, -0.25) is 4.79 Å². The van der Waals surface area contributed by atoms with Gasteiger partial charge >= 0.3 is 6.01 Å². The third kappa shape index (κ3) is 4.38. The quantitative estimate of drug-likeness (QED) is 0.687. The van der Waals surface area contributed by atoms with Crippen LogP contribution >= 0.6 is 0 Å². The maximum atomic E-state index is 12.8. The van der Waals surface area contributed by atoms with Gasteiger partial charge in [-0.1, -0.05) is 35.4 Å². The number of aromatic nitrogens is 2. The van der Waals surface area contributed by atoms with Crippen molar-refractivity contribution < 1.29 is 18.7 Å². The van der Waals surface area contributed by atoms with E-state index in [-0.39, 0.29) is 5.91 Å². The van der Waals surface area contributed by atoms with E-state index in [1.165, 1.54) is 0 Å². The number of nitrogens with one attached hydrogen (secondary N) is 1. The van der Waals surface area contributed by atoms with Gasteiger partial charge in [0.2, 0.25) is 5.89 Å². The Kier molecular flexibility index (Phi) is 5.71. The largest absolute Gasteiger partial charge is 0.497 e. The molecule has 3 aromatic rings. The molecule has 0 saturated carbocycles. The molecule has 1 fully saturated rings. The molecule has 1 aromatic heterocycles. The molecule has 29 heavy (non-hydrogen) atoms. The highest BCUT2D eigenvalue weighted by molar-refractivity contribution is 5.94. The zero-order valence-corrected chi connectivity index (χ0v) is 16.1. The van der Waals surface area contributed by atoms with E-state index in [4.69, 9.17) is 13.9 Å². The first kappa shape index (κ1) is 18.9. The van der Waals surface area contributed by atoms with E-state index in [1.54, 1.807) is 31.4 Å². The van der Waals surface area contributed by atoms with Gasteiger partial charge in [0.25, 0.3) is 5.91 Å². The van der Waals surface area contributed by atoms with Crippen molar-refractivity contribution in [1.29, 1.82) is 0 Å². The highest BCUT2D eigenvalue weighted by atomic mass is 16.5. The summed E-state index contributed by atoms with van der Waals surface area (Å²) in [6.45, 7) is 2.62. The van der Waals surface area contributed by atoms with Crippen molar-refractivity contribution in [1.82, 2.24) is 15.5 Å². The Hall–Kier alpha value is -3.39. The normalized spacial score (nSPS) is 15.0. The van der Waals surface area contributed by atoms with E-state index in [1.807, 2.05) is 35.2 Å². The van der Waals surface area contributed by atoms with Crippen LogP contribution in [0.15, 0.2) is 59.0 Å². The van der Waals surface area contributed by atoms with Gasteiger partial charge in [-0.05, 0) is 29.8 Å². The summed E-state index contributed by atoms with van der Waals surface area (Å²) in [5.74, 6) is 0.778. The molecule has 0 bridgehead atoms. The van der Waals surface area contributed by atoms with Crippen LogP contribution in [0.1, 0.15) is 27.9 Å². The molecule has 1 aliphatic rings. The van der Waals surface area contributed by atoms with Crippen LogP contribution in [0.25, 0.3) is 0 Å². The summed E-state index contributed by atoms with van der Waals surface area (Å²) < 4.78 is 16.4. The Morgan fingerprint density at radius 2 is 1.79 bits per heavy atom. The molecule has 8 nitrogen and oxygen atoms in total. The van der Waals surface area contributed by atoms with Gasteiger partial charge in [-0.2, -0.15) is 0 Å². The number of morpholine rings is 1. The number of nitrogens with zero attached hydrogens (tertiary/aromatic N) is 3. The van der Waals surface area contributed by atoms with Gasteiger partial charge < -0.3 is 24.1 Å². The van der Waals surface area contributed by atoms with Gasteiger partial charge in [0.15, 0.2) is 0 Å². The molecule has 2 aromatic carbocycles. The van der Waals surface area contributed by atoms with Crippen molar-refractivity contribution >= 4 is 11.9 Å². The molecule has 4 rings (SSSR count). The number of hydrogen-bond acceptors (Lipinski definition) is 7. The second-order valence-corrected chi connectivity index (χ2v) is 6.57. The van der Waals surface area contributed by atoms with Gasteiger partial charge in [0.05, 0.1) is 20.3 Å². The predicted octanol–water partition coefficient (Wildman–Crippen LogP) is 2.43. The third-order valence-electron chi connectivity index (χ3n) is 4.72. The highest BCUT2D eigenvalue weighted by Gasteiger charge is 2.25. The molecule has 1 aliphatic heterocycles. The van der Waals surface area contributed by atoms with Gasteiger partial charge in [0, 0.05) is 18.7 Å². The van der Waals surface area contributed by atoms with Gasteiger partial charge in [-0.15, -0.1) is 5.10 Å². The molecule has 1 N–H and O–H groups in total. The number of anilines is 1. The lowest BCUT2D eigenvalue weighted by Crippen LogP contribution is -2.36. The first-order chi connectivity index (χ1) is 14.2. The van der Waals surface area contributed by atoms with Crippen molar-refractivity contribution in [2.24, 2.45) is 0 Å². The zero-order valence-electron chi connectivity index (χ0n) is 16.1. The summed E-state index contributed by atoms with van der Waals surface area (Å²) in [6, 6.07) is 16.3. The first-order valence-electron chi connectivity index (χ1n) is 9.40. The van der Waals surface area contributed by atoms with Crippen LogP contribution in [0.2, 0.25) is 0 Å². The average molecular weight is 394 g/mol. The highest BCUT2D eigenvalue weighted by Crippen LogP contribution is 2.25. The average Bonchev–Trinajstić information content (AvgIpc) is 3.28. The Bertz CT molecular complexity index is 937. The summed E-state index contributed by atoms with van der Waals surface area (Å²) in [7, 11) is 1.59. The number of amides is 1. The minimum atomic E-state index is -0.562. The lowest BCUT2D eigenvalue weighted by Gasteiger charge is -2.24. The van der Waals surface area contributed by atoms with E-state index < -0.39 is 6.04 Å². The number of benzene rings is 2. The number of carbonyl (C=O) groups is 1. The monoisotopic (exact) mass is 394 g/mol. The summed E-state index contributed by atoms with van der Waals surface area (Å²) in [5, 5.41) is 11.4. The molecule has 2 heterocycles. The molecular formula is C21H22N4O4.